The van der Waals surface area contributed by atoms with Crippen LogP contribution in [0.1, 0.15) is 5.69 Å². The van der Waals surface area contributed by atoms with Crippen molar-refractivity contribution >= 4 is 11.7 Å². The fourth-order valence-electron chi connectivity index (χ4n) is 1.05. The van der Waals surface area contributed by atoms with E-state index in [4.69, 9.17) is 5.73 Å². The van der Waals surface area contributed by atoms with Crippen molar-refractivity contribution in [3.8, 4) is 0 Å². The number of aryl methyl sites for hydroxylation is 1. The molecule has 0 bridgehead atoms. The second-order valence-corrected chi connectivity index (χ2v) is 2.46. The molecule has 6 nitrogen and oxygen atoms in total. The number of hydrogen-bond acceptors (Lipinski definition) is 4. The Morgan fingerprint density at radius 3 is 3.00 bits per heavy atom. The van der Waals surface area contributed by atoms with E-state index in [9.17, 15) is 0 Å². The maximum absolute atomic E-state index is 5.60. The summed E-state index contributed by atoms with van der Waals surface area (Å²) in [7, 11) is 5.10. The zero-order valence-electron chi connectivity index (χ0n) is 7.90. The molecule has 0 aromatic carbocycles. The number of amidine groups is 1. The first-order valence-corrected chi connectivity index (χ1v) is 3.76. The van der Waals surface area contributed by atoms with Crippen LogP contribution in [0.3, 0.4) is 0 Å². The quantitative estimate of drug-likeness (QED) is 0.384. The van der Waals surface area contributed by atoms with Crippen LogP contribution in [0.2, 0.25) is 0 Å². The minimum absolute atomic E-state index is 0.257. The maximum atomic E-state index is 5.60. The molecule has 3 N–H and O–H groups in total. The van der Waals surface area contributed by atoms with Crippen molar-refractivity contribution in [1.82, 2.24) is 9.55 Å². The van der Waals surface area contributed by atoms with Gasteiger partial charge in [0.25, 0.3) is 0 Å². The molecule has 0 amide bonds. The lowest BCUT2D eigenvalue weighted by atomic mass is 10.4. The summed E-state index contributed by atoms with van der Waals surface area (Å²) >= 11 is 0. The molecule has 13 heavy (non-hydrogen) atoms. The van der Waals surface area contributed by atoms with Crippen molar-refractivity contribution in [1.29, 1.82) is 0 Å². The van der Waals surface area contributed by atoms with Gasteiger partial charge in [-0.15, -0.1) is 0 Å². The van der Waals surface area contributed by atoms with Gasteiger partial charge in [0.15, 0.2) is 11.5 Å². The molecule has 0 spiro atoms. The molecule has 0 aliphatic carbocycles. The van der Waals surface area contributed by atoms with Crippen LogP contribution >= 0.6 is 0 Å². The Balaban J connectivity index is 3.07. The molecule has 0 atom stereocenters. The van der Waals surface area contributed by atoms with E-state index < -0.39 is 0 Å². The lowest BCUT2D eigenvalue weighted by molar-refractivity contribution is 0.213. The van der Waals surface area contributed by atoms with Gasteiger partial charge in [-0.3, -0.25) is 0 Å². The molecule has 0 radical (unpaired) electrons. The van der Waals surface area contributed by atoms with Crippen molar-refractivity contribution in [2.24, 2.45) is 17.9 Å². The topological polar surface area (TPSA) is 77.5 Å². The molecule has 0 saturated heterocycles. The first-order chi connectivity index (χ1) is 6.20. The van der Waals surface area contributed by atoms with E-state index in [2.05, 4.69) is 20.3 Å². The van der Waals surface area contributed by atoms with Crippen molar-refractivity contribution in [3.05, 3.63) is 12.0 Å². The molecule has 0 aliphatic rings. The minimum Gasteiger partial charge on any atom is -0.397 e. The van der Waals surface area contributed by atoms with Crippen LogP contribution in [-0.4, -0.2) is 29.5 Å². The van der Waals surface area contributed by atoms with Gasteiger partial charge in [0.05, 0.1) is 6.33 Å². The third-order valence-corrected chi connectivity index (χ3v) is 1.61. The zero-order chi connectivity index (χ0) is 9.84. The van der Waals surface area contributed by atoms with Gasteiger partial charge in [0.2, 0.25) is 0 Å². The standard InChI is InChI=1S/C7H13N5O/c1-9-7-5(6(8)11-13-3)10-4-12(7)2/h4,9H,1-3H3,(H2,8,11). The monoisotopic (exact) mass is 183 g/mol. The van der Waals surface area contributed by atoms with E-state index >= 15 is 0 Å². The van der Waals surface area contributed by atoms with Crippen LogP contribution in [0.25, 0.3) is 0 Å². The Labute approximate surface area is 76.4 Å². The van der Waals surface area contributed by atoms with E-state index in [1.807, 2.05) is 11.6 Å². The van der Waals surface area contributed by atoms with Crippen LogP contribution < -0.4 is 11.1 Å². The smallest absolute Gasteiger partial charge is 0.192 e. The summed E-state index contributed by atoms with van der Waals surface area (Å²) in [5.41, 5.74) is 6.19. The summed E-state index contributed by atoms with van der Waals surface area (Å²) in [5.74, 6) is 1.06. The lowest BCUT2D eigenvalue weighted by Crippen LogP contribution is -2.16. The van der Waals surface area contributed by atoms with Crippen LogP contribution in [0, 0.1) is 0 Å². The molecule has 6 heteroatoms. The summed E-state index contributed by atoms with van der Waals surface area (Å²) in [5, 5.41) is 6.56. The van der Waals surface area contributed by atoms with E-state index in [1.165, 1.54) is 7.11 Å². The van der Waals surface area contributed by atoms with Gasteiger partial charge in [0.1, 0.15) is 12.9 Å². The molecular formula is C7H13N5O. The van der Waals surface area contributed by atoms with E-state index in [0.717, 1.165) is 5.82 Å². The zero-order valence-corrected chi connectivity index (χ0v) is 7.90. The first-order valence-electron chi connectivity index (χ1n) is 3.76. The van der Waals surface area contributed by atoms with E-state index in [-0.39, 0.29) is 5.84 Å². The lowest BCUT2D eigenvalue weighted by Gasteiger charge is -2.03. The summed E-state index contributed by atoms with van der Waals surface area (Å²) in [6.45, 7) is 0. The molecular weight excluding hydrogens is 170 g/mol. The molecule has 1 heterocycles. The number of nitrogens with one attached hydrogen (secondary N) is 1. The normalized spacial score (nSPS) is 11.5. The summed E-state index contributed by atoms with van der Waals surface area (Å²) < 4.78 is 1.81. The second kappa shape index (κ2) is 3.79. The van der Waals surface area contributed by atoms with Crippen molar-refractivity contribution in [2.75, 3.05) is 19.5 Å². The van der Waals surface area contributed by atoms with Gasteiger partial charge in [0, 0.05) is 14.1 Å². The molecule has 0 fully saturated rings. The molecule has 1 aromatic heterocycles. The molecule has 72 valence electrons. The van der Waals surface area contributed by atoms with Gasteiger partial charge < -0.3 is 20.5 Å². The third kappa shape index (κ3) is 1.71. The Kier molecular flexibility index (Phi) is 2.73. The Hall–Kier alpha value is -1.72. The number of aromatic nitrogens is 2. The number of anilines is 1. The number of rotatable bonds is 3. The minimum atomic E-state index is 0.257. The van der Waals surface area contributed by atoms with Gasteiger partial charge in [-0.2, -0.15) is 0 Å². The Morgan fingerprint density at radius 2 is 2.46 bits per heavy atom. The molecule has 0 saturated carbocycles. The van der Waals surface area contributed by atoms with E-state index in [0.29, 0.717) is 5.69 Å². The Morgan fingerprint density at radius 1 is 1.77 bits per heavy atom. The molecule has 0 aliphatic heterocycles. The summed E-state index contributed by atoms with van der Waals surface area (Å²) in [6.07, 6.45) is 1.65. The maximum Gasteiger partial charge on any atom is 0.192 e. The highest BCUT2D eigenvalue weighted by Crippen LogP contribution is 2.11. The molecule has 0 unspecified atom stereocenters. The summed E-state index contributed by atoms with van der Waals surface area (Å²) in [6, 6.07) is 0. The number of oxime groups is 1. The van der Waals surface area contributed by atoms with Crippen LogP contribution in [0.4, 0.5) is 5.82 Å². The predicted molar refractivity (Wildman–Crippen MR) is 50.5 cm³/mol. The van der Waals surface area contributed by atoms with Gasteiger partial charge >= 0.3 is 0 Å². The average Bonchev–Trinajstić information content (AvgIpc) is 2.47. The second-order valence-electron chi connectivity index (χ2n) is 2.46. The fourth-order valence-corrected chi connectivity index (χ4v) is 1.05. The van der Waals surface area contributed by atoms with Gasteiger partial charge in [-0.05, 0) is 0 Å². The number of imidazole rings is 1. The van der Waals surface area contributed by atoms with E-state index in [1.54, 1.807) is 13.4 Å². The highest BCUT2D eigenvalue weighted by atomic mass is 16.6. The third-order valence-electron chi connectivity index (χ3n) is 1.61. The van der Waals surface area contributed by atoms with Gasteiger partial charge in [-0.25, -0.2) is 4.98 Å². The number of hydrogen-bond donors (Lipinski definition) is 2. The van der Waals surface area contributed by atoms with Crippen LogP contribution in [-0.2, 0) is 11.9 Å². The first kappa shape index (κ1) is 9.37. The van der Waals surface area contributed by atoms with Gasteiger partial charge in [-0.1, -0.05) is 5.16 Å². The Bertz CT molecular complexity index is 317. The van der Waals surface area contributed by atoms with Crippen molar-refractivity contribution in [2.45, 2.75) is 0 Å². The van der Waals surface area contributed by atoms with Crippen LogP contribution in [0.5, 0.6) is 0 Å². The van der Waals surface area contributed by atoms with Crippen molar-refractivity contribution in [3.63, 3.8) is 0 Å². The van der Waals surface area contributed by atoms with Crippen molar-refractivity contribution < 1.29 is 4.84 Å². The SMILES string of the molecule is CNc1c(/C(N)=N/OC)ncn1C. The average molecular weight is 183 g/mol. The summed E-state index contributed by atoms with van der Waals surface area (Å²) in [4.78, 5) is 8.62. The largest absolute Gasteiger partial charge is 0.397 e. The highest BCUT2D eigenvalue weighted by molar-refractivity contribution is 5.99. The highest BCUT2D eigenvalue weighted by Gasteiger charge is 2.10. The fraction of sp³-hybridized carbons (Fsp3) is 0.429. The number of nitrogens with zero attached hydrogens (tertiary/aromatic N) is 3. The van der Waals surface area contributed by atoms with Crippen LogP contribution in [0.15, 0.2) is 11.5 Å². The molecule has 1 rings (SSSR count). The molecule has 1 aromatic rings. The predicted octanol–water partition coefficient (Wildman–Crippen LogP) is -0.272. The number of nitrogens with two attached hydrogens (primary N) is 1.